The largest absolute Gasteiger partial charge is 0.454 e. The molecule has 41 heavy (non-hydrogen) atoms. The molecule has 0 fully saturated rings. The van der Waals surface area contributed by atoms with E-state index in [9.17, 15) is 22.8 Å². The minimum Gasteiger partial charge on any atom is -0.454 e. The summed E-state index contributed by atoms with van der Waals surface area (Å²) in [7, 11) is 0. The molecule has 0 radical (unpaired) electrons. The lowest BCUT2D eigenvalue weighted by atomic mass is 10.2. The third-order valence-electron chi connectivity index (χ3n) is 6.04. The number of benzene rings is 3. The smallest absolute Gasteiger partial charge is 0.405 e. The van der Waals surface area contributed by atoms with Crippen LogP contribution in [0.4, 0.5) is 13.2 Å². The second-order valence-electron chi connectivity index (χ2n) is 8.99. The number of nitrogens with zero attached hydrogens (tertiary/aromatic N) is 3. The lowest BCUT2D eigenvalue weighted by molar-refractivity contribution is -0.123. The van der Waals surface area contributed by atoms with E-state index in [0.29, 0.717) is 22.9 Å². The fraction of sp³-hybridized carbons (Fsp3) is 0.214. The molecule has 13 heteroatoms. The number of amides is 2. The van der Waals surface area contributed by atoms with Gasteiger partial charge in [0.15, 0.2) is 17.2 Å². The van der Waals surface area contributed by atoms with Crippen molar-refractivity contribution in [3.8, 4) is 17.2 Å². The topological polar surface area (TPSA) is 117 Å². The van der Waals surface area contributed by atoms with Crippen LogP contribution in [0.15, 0.2) is 72.8 Å². The van der Waals surface area contributed by atoms with Crippen LogP contribution in [-0.2, 0) is 24.5 Å². The molecule has 10 nitrogen and oxygen atoms in total. The average molecular weight is 568 g/mol. The standard InChI is InChI=1S/C28H24F3N5O5/c29-28(30,31)16-33-26(37)20-7-9-21(10-8-20)36-22(15-39-14-18-4-2-1-3-5-18)25(34-35-36)27(38)32-13-19-6-11-23-24(12-19)41-17-40-23/h1-12H,13-17H2,(H,32,38)(H,33,37). The van der Waals surface area contributed by atoms with E-state index in [1.54, 1.807) is 18.2 Å². The van der Waals surface area contributed by atoms with Gasteiger partial charge in [-0.15, -0.1) is 5.10 Å². The first-order valence-electron chi connectivity index (χ1n) is 12.5. The highest BCUT2D eigenvalue weighted by molar-refractivity contribution is 5.94. The zero-order valence-electron chi connectivity index (χ0n) is 21.5. The molecular weight excluding hydrogens is 543 g/mol. The van der Waals surface area contributed by atoms with E-state index in [1.807, 2.05) is 35.6 Å². The molecular formula is C28H24F3N5O5. The predicted octanol–water partition coefficient (Wildman–Crippen LogP) is 3.93. The number of rotatable bonds is 10. The second-order valence-corrected chi connectivity index (χ2v) is 8.99. The fourth-order valence-corrected chi connectivity index (χ4v) is 4.01. The van der Waals surface area contributed by atoms with Crippen LogP contribution in [-0.4, -0.2) is 46.3 Å². The molecule has 4 aromatic rings. The number of halogens is 3. The molecule has 5 rings (SSSR count). The summed E-state index contributed by atoms with van der Waals surface area (Å²) in [5.41, 5.74) is 2.55. The van der Waals surface area contributed by atoms with Crippen molar-refractivity contribution in [2.24, 2.45) is 0 Å². The van der Waals surface area contributed by atoms with E-state index in [0.717, 1.165) is 11.1 Å². The van der Waals surface area contributed by atoms with Crippen LogP contribution in [0.2, 0.25) is 0 Å². The molecule has 2 heterocycles. The minimum atomic E-state index is -4.52. The molecule has 0 bridgehead atoms. The van der Waals surface area contributed by atoms with Crippen LogP contribution in [0.5, 0.6) is 11.5 Å². The molecule has 0 spiro atoms. The van der Waals surface area contributed by atoms with Crippen LogP contribution in [0, 0.1) is 0 Å². The number of fused-ring (bicyclic) bond motifs is 1. The van der Waals surface area contributed by atoms with E-state index in [2.05, 4.69) is 15.6 Å². The lowest BCUT2D eigenvalue weighted by Gasteiger charge is -2.11. The Kier molecular flexibility index (Phi) is 8.15. The van der Waals surface area contributed by atoms with E-state index < -0.39 is 24.5 Å². The number of alkyl halides is 3. The molecule has 0 saturated heterocycles. The Morgan fingerprint density at radius 3 is 2.39 bits per heavy atom. The van der Waals surface area contributed by atoms with Gasteiger partial charge in [-0.25, -0.2) is 4.68 Å². The van der Waals surface area contributed by atoms with Crippen molar-refractivity contribution in [1.29, 1.82) is 0 Å². The molecule has 2 amide bonds. The van der Waals surface area contributed by atoms with Gasteiger partial charge in [-0.1, -0.05) is 41.6 Å². The Morgan fingerprint density at radius 1 is 0.878 bits per heavy atom. The van der Waals surface area contributed by atoms with Gasteiger partial charge in [0, 0.05) is 12.1 Å². The maximum atomic E-state index is 13.2. The van der Waals surface area contributed by atoms with Gasteiger partial charge < -0.3 is 24.8 Å². The van der Waals surface area contributed by atoms with Gasteiger partial charge in [0.1, 0.15) is 12.2 Å². The van der Waals surface area contributed by atoms with Crippen LogP contribution in [0.3, 0.4) is 0 Å². The summed E-state index contributed by atoms with van der Waals surface area (Å²) in [5, 5.41) is 12.8. The molecule has 1 aliphatic rings. The van der Waals surface area contributed by atoms with Gasteiger partial charge >= 0.3 is 6.18 Å². The normalized spacial score (nSPS) is 12.3. The Hall–Kier alpha value is -4.91. The van der Waals surface area contributed by atoms with Crippen molar-refractivity contribution in [3.05, 3.63) is 101 Å². The summed E-state index contributed by atoms with van der Waals surface area (Å²) in [6.07, 6.45) is -4.52. The van der Waals surface area contributed by atoms with Crippen LogP contribution < -0.4 is 20.1 Å². The summed E-state index contributed by atoms with van der Waals surface area (Å²) in [5.74, 6) is -0.143. The summed E-state index contributed by atoms with van der Waals surface area (Å²) < 4.78 is 55.3. The van der Waals surface area contributed by atoms with Gasteiger partial charge in [-0.3, -0.25) is 9.59 Å². The number of aromatic nitrogens is 3. The zero-order chi connectivity index (χ0) is 28.8. The van der Waals surface area contributed by atoms with Crippen molar-refractivity contribution >= 4 is 11.8 Å². The van der Waals surface area contributed by atoms with Gasteiger partial charge in [0.05, 0.1) is 18.9 Å². The number of carbonyl (C=O) groups is 2. The third-order valence-corrected chi connectivity index (χ3v) is 6.04. The first-order chi connectivity index (χ1) is 19.8. The highest BCUT2D eigenvalue weighted by atomic mass is 19.4. The predicted molar refractivity (Wildman–Crippen MR) is 138 cm³/mol. The van der Waals surface area contributed by atoms with Crippen molar-refractivity contribution in [3.63, 3.8) is 0 Å². The first-order valence-corrected chi connectivity index (χ1v) is 12.5. The van der Waals surface area contributed by atoms with Crippen LogP contribution >= 0.6 is 0 Å². The molecule has 1 aliphatic heterocycles. The van der Waals surface area contributed by atoms with Crippen molar-refractivity contribution < 1.29 is 37.0 Å². The first kappa shape index (κ1) is 27.6. The zero-order valence-corrected chi connectivity index (χ0v) is 21.5. The number of ether oxygens (including phenoxy) is 3. The summed E-state index contributed by atoms with van der Waals surface area (Å²) in [4.78, 5) is 25.3. The number of carbonyl (C=O) groups excluding carboxylic acids is 2. The molecule has 0 unspecified atom stereocenters. The Labute approximate surface area is 232 Å². The maximum absolute atomic E-state index is 13.2. The number of hydrogen-bond donors (Lipinski definition) is 2. The van der Waals surface area contributed by atoms with Crippen LogP contribution in [0.25, 0.3) is 5.69 Å². The van der Waals surface area contributed by atoms with Crippen molar-refractivity contribution in [2.45, 2.75) is 25.9 Å². The van der Waals surface area contributed by atoms with Gasteiger partial charge in [-0.05, 0) is 47.5 Å². The summed E-state index contributed by atoms with van der Waals surface area (Å²) in [6, 6.07) is 20.5. The van der Waals surface area contributed by atoms with Crippen molar-refractivity contribution in [1.82, 2.24) is 25.6 Å². The molecule has 0 aliphatic carbocycles. The second kappa shape index (κ2) is 12.1. The molecule has 0 saturated carbocycles. The van der Waals surface area contributed by atoms with Crippen molar-refractivity contribution in [2.75, 3.05) is 13.3 Å². The monoisotopic (exact) mass is 567 g/mol. The highest BCUT2D eigenvalue weighted by Crippen LogP contribution is 2.32. The van der Waals surface area contributed by atoms with E-state index in [-0.39, 0.29) is 37.8 Å². The van der Waals surface area contributed by atoms with Gasteiger partial charge in [0.2, 0.25) is 6.79 Å². The number of nitrogens with one attached hydrogen (secondary N) is 2. The Bertz CT molecular complexity index is 1520. The third kappa shape index (κ3) is 7.00. The SMILES string of the molecule is O=C(NCC(F)(F)F)c1ccc(-n2nnc(C(=O)NCc3ccc4c(c3)OCO4)c2COCc2ccccc2)cc1. The average Bonchev–Trinajstić information content (AvgIpc) is 3.62. The quantitative estimate of drug-likeness (QED) is 0.298. The van der Waals surface area contributed by atoms with E-state index >= 15 is 0 Å². The molecule has 3 aromatic carbocycles. The van der Waals surface area contributed by atoms with E-state index in [4.69, 9.17) is 14.2 Å². The number of hydrogen-bond acceptors (Lipinski definition) is 7. The van der Waals surface area contributed by atoms with Gasteiger partial charge in [0.25, 0.3) is 11.8 Å². The summed E-state index contributed by atoms with van der Waals surface area (Å²) >= 11 is 0. The summed E-state index contributed by atoms with van der Waals surface area (Å²) in [6.45, 7) is -0.871. The maximum Gasteiger partial charge on any atom is 0.405 e. The minimum absolute atomic E-state index is 0.0253. The van der Waals surface area contributed by atoms with E-state index in [1.165, 1.54) is 28.9 Å². The molecule has 212 valence electrons. The molecule has 2 N–H and O–H groups in total. The molecule has 1 aromatic heterocycles. The van der Waals surface area contributed by atoms with Gasteiger partial charge in [-0.2, -0.15) is 13.2 Å². The molecule has 0 atom stereocenters. The Balaban J connectivity index is 1.33. The highest BCUT2D eigenvalue weighted by Gasteiger charge is 2.28. The fourth-order valence-electron chi connectivity index (χ4n) is 4.01. The lowest BCUT2D eigenvalue weighted by Crippen LogP contribution is -2.33. The van der Waals surface area contributed by atoms with Crippen LogP contribution in [0.1, 0.15) is 37.7 Å². The Morgan fingerprint density at radius 2 is 1.63 bits per heavy atom.